The van der Waals surface area contributed by atoms with E-state index in [9.17, 15) is 8.42 Å². The Morgan fingerprint density at radius 1 is 1.50 bits per heavy atom. The molecule has 100 valence electrons. The average Bonchev–Trinajstić information content (AvgIpc) is 2.38. The van der Waals surface area contributed by atoms with Gasteiger partial charge in [-0.1, -0.05) is 11.6 Å². The summed E-state index contributed by atoms with van der Waals surface area (Å²) >= 11 is 9.46. The van der Waals surface area contributed by atoms with Gasteiger partial charge in [-0.25, -0.2) is 18.1 Å². The van der Waals surface area contributed by atoms with E-state index in [1.54, 1.807) is 17.8 Å². The van der Waals surface area contributed by atoms with Gasteiger partial charge in [-0.15, -0.1) is 0 Å². The zero-order valence-corrected chi connectivity index (χ0v) is 12.7. The summed E-state index contributed by atoms with van der Waals surface area (Å²) in [6, 6.07) is 3.02. The number of nitrogens with one attached hydrogen (secondary N) is 1. The van der Waals surface area contributed by atoms with E-state index in [4.69, 9.17) is 11.6 Å². The molecule has 1 aromatic rings. The van der Waals surface area contributed by atoms with Crippen LogP contribution in [0.2, 0.25) is 5.15 Å². The maximum atomic E-state index is 12.0. The molecule has 0 radical (unpaired) electrons. The van der Waals surface area contributed by atoms with E-state index >= 15 is 0 Å². The fourth-order valence-electron chi connectivity index (χ4n) is 1.51. The molecule has 8 heteroatoms. The maximum Gasteiger partial charge on any atom is 0.243 e. The molecule has 0 spiro atoms. The number of aromatic nitrogens is 1. The van der Waals surface area contributed by atoms with Gasteiger partial charge in [0.15, 0.2) is 0 Å². The van der Waals surface area contributed by atoms with Gasteiger partial charge in [0.05, 0.1) is 0 Å². The van der Waals surface area contributed by atoms with Gasteiger partial charge >= 0.3 is 0 Å². The highest BCUT2D eigenvalue weighted by atomic mass is 35.5. The summed E-state index contributed by atoms with van der Waals surface area (Å²) in [5.41, 5.74) is 0. The number of hydrogen-bond acceptors (Lipinski definition) is 5. The van der Waals surface area contributed by atoms with Crippen molar-refractivity contribution in [1.82, 2.24) is 9.71 Å². The van der Waals surface area contributed by atoms with Gasteiger partial charge in [0.1, 0.15) is 10.0 Å². The third kappa shape index (κ3) is 3.77. The fraction of sp³-hybridized carbons (Fsp3) is 0.500. The number of pyridine rings is 1. The number of halogens is 1. The molecule has 1 aliphatic heterocycles. The first-order chi connectivity index (χ1) is 8.59. The summed E-state index contributed by atoms with van der Waals surface area (Å²) in [7, 11) is -3.56. The molecule has 2 heterocycles. The second-order valence-electron chi connectivity index (χ2n) is 3.71. The van der Waals surface area contributed by atoms with Crippen LogP contribution in [0, 0.1) is 0 Å². The van der Waals surface area contributed by atoms with E-state index in [0.29, 0.717) is 11.8 Å². The van der Waals surface area contributed by atoms with Gasteiger partial charge in [0.2, 0.25) is 10.0 Å². The Balaban J connectivity index is 2.01. The van der Waals surface area contributed by atoms with Crippen molar-refractivity contribution in [3.8, 4) is 0 Å². The van der Waals surface area contributed by atoms with Crippen LogP contribution >= 0.6 is 35.1 Å². The van der Waals surface area contributed by atoms with Gasteiger partial charge in [-0.05, 0) is 12.1 Å². The molecule has 1 aliphatic rings. The van der Waals surface area contributed by atoms with Crippen LogP contribution in [0.3, 0.4) is 0 Å². The van der Waals surface area contributed by atoms with Crippen LogP contribution in [0.5, 0.6) is 0 Å². The van der Waals surface area contributed by atoms with Crippen molar-refractivity contribution in [2.24, 2.45) is 0 Å². The molecule has 0 amide bonds. The minimum Gasteiger partial charge on any atom is -0.243 e. The molecule has 0 aliphatic carbocycles. The van der Waals surface area contributed by atoms with Crippen LogP contribution in [0.15, 0.2) is 23.2 Å². The van der Waals surface area contributed by atoms with Crippen molar-refractivity contribution in [1.29, 1.82) is 0 Å². The van der Waals surface area contributed by atoms with Crippen LogP contribution in [0.25, 0.3) is 0 Å². The summed E-state index contributed by atoms with van der Waals surface area (Å²) in [6.07, 6.45) is 1.47. The summed E-state index contributed by atoms with van der Waals surface area (Å²) in [4.78, 5) is 3.82. The zero-order chi connectivity index (χ0) is 13.0. The Labute approximate surface area is 120 Å². The molecule has 2 rings (SSSR count). The zero-order valence-electron chi connectivity index (χ0n) is 9.50. The van der Waals surface area contributed by atoms with Crippen LogP contribution in [0.1, 0.15) is 0 Å². The third-order valence-electron chi connectivity index (χ3n) is 2.40. The van der Waals surface area contributed by atoms with E-state index in [1.807, 2.05) is 11.8 Å². The first-order valence-electron chi connectivity index (χ1n) is 5.39. The predicted octanol–water partition coefficient (Wildman–Crippen LogP) is 1.86. The molecule has 4 nitrogen and oxygen atoms in total. The lowest BCUT2D eigenvalue weighted by molar-refractivity contribution is 0.581. The summed E-state index contributed by atoms with van der Waals surface area (Å²) < 4.78 is 26.7. The van der Waals surface area contributed by atoms with E-state index < -0.39 is 10.0 Å². The van der Waals surface area contributed by atoms with E-state index in [0.717, 1.165) is 17.3 Å². The van der Waals surface area contributed by atoms with Crippen molar-refractivity contribution in [3.63, 3.8) is 0 Å². The molecule has 1 aromatic heterocycles. The fourth-order valence-corrected chi connectivity index (χ4v) is 5.76. The highest BCUT2D eigenvalue weighted by molar-refractivity contribution is 8.06. The first-order valence-corrected chi connectivity index (χ1v) is 9.45. The van der Waals surface area contributed by atoms with Gasteiger partial charge in [-0.2, -0.15) is 23.5 Å². The van der Waals surface area contributed by atoms with Crippen molar-refractivity contribution in [3.05, 3.63) is 23.5 Å². The van der Waals surface area contributed by atoms with Crippen molar-refractivity contribution < 1.29 is 8.42 Å². The Kier molecular flexibility index (Phi) is 5.20. The van der Waals surface area contributed by atoms with E-state index in [2.05, 4.69) is 9.71 Å². The number of sulfonamides is 1. The van der Waals surface area contributed by atoms with Crippen LogP contribution in [-0.4, -0.2) is 42.5 Å². The Bertz CT molecular complexity index is 504. The first kappa shape index (κ1) is 14.5. The molecule has 1 saturated heterocycles. The minimum atomic E-state index is -3.56. The molecule has 1 fully saturated rings. The van der Waals surface area contributed by atoms with Gasteiger partial charge in [-0.3, -0.25) is 0 Å². The SMILES string of the molecule is O=S(=O)(NCC1CSCCS1)c1cccnc1Cl. The molecule has 0 bridgehead atoms. The highest BCUT2D eigenvalue weighted by Gasteiger charge is 2.21. The smallest absolute Gasteiger partial charge is 0.243 e. The van der Waals surface area contributed by atoms with E-state index in [1.165, 1.54) is 12.3 Å². The van der Waals surface area contributed by atoms with Crippen LogP contribution in [0.4, 0.5) is 0 Å². The Hall–Kier alpha value is 0.0500. The largest absolute Gasteiger partial charge is 0.243 e. The number of nitrogens with zero attached hydrogens (tertiary/aromatic N) is 1. The number of hydrogen-bond donors (Lipinski definition) is 1. The molecule has 0 saturated carbocycles. The Morgan fingerprint density at radius 2 is 2.33 bits per heavy atom. The number of rotatable bonds is 4. The molecule has 1 N–H and O–H groups in total. The lowest BCUT2D eigenvalue weighted by Crippen LogP contribution is -2.33. The minimum absolute atomic E-state index is 0.00988. The van der Waals surface area contributed by atoms with Crippen molar-refractivity contribution in [2.75, 3.05) is 23.8 Å². The Morgan fingerprint density at radius 3 is 3.00 bits per heavy atom. The normalized spacial score (nSPS) is 20.8. The lowest BCUT2D eigenvalue weighted by atomic mass is 10.5. The molecular weight excluding hydrogens is 312 g/mol. The van der Waals surface area contributed by atoms with Crippen molar-refractivity contribution in [2.45, 2.75) is 10.1 Å². The van der Waals surface area contributed by atoms with Crippen LogP contribution < -0.4 is 4.72 Å². The highest BCUT2D eigenvalue weighted by Crippen LogP contribution is 2.24. The third-order valence-corrected chi connectivity index (χ3v) is 7.11. The molecule has 18 heavy (non-hydrogen) atoms. The standard InChI is InChI=1S/C10H13ClN2O2S3/c11-10-9(2-1-3-12-10)18(14,15)13-6-8-7-16-4-5-17-8/h1-3,8,13H,4-7H2. The lowest BCUT2D eigenvalue weighted by Gasteiger charge is -2.21. The second-order valence-corrected chi connectivity index (χ2v) is 8.36. The molecule has 0 aromatic carbocycles. The second kappa shape index (κ2) is 6.47. The monoisotopic (exact) mass is 324 g/mol. The maximum absolute atomic E-state index is 12.0. The summed E-state index contributed by atoms with van der Waals surface area (Å²) in [5, 5.41) is 0.338. The molecular formula is C10H13ClN2O2S3. The van der Waals surface area contributed by atoms with Crippen molar-refractivity contribution >= 4 is 45.1 Å². The van der Waals surface area contributed by atoms with Gasteiger partial charge in [0, 0.05) is 35.3 Å². The summed E-state index contributed by atoms with van der Waals surface area (Å²) in [6.45, 7) is 0.436. The quantitative estimate of drug-likeness (QED) is 0.857. The molecule has 1 unspecified atom stereocenters. The topological polar surface area (TPSA) is 59.1 Å². The van der Waals surface area contributed by atoms with Gasteiger partial charge < -0.3 is 0 Å². The molecule has 1 atom stereocenters. The van der Waals surface area contributed by atoms with E-state index in [-0.39, 0.29) is 10.0 Å². The van der Waals surface area contributed by atoms with Crippen LogP contribution in [-0.2, 0) is 10.0 Å². The number of thioether (sulfide) groups is 2. The summed E-state index contributed by atoms with van der Waals surface area (Å²) in [5.74, 6) is 3.20. The average molecular weight is 325 g/mol. The predicted molar refractivity (Wildman–Crippen MR) is 78.0 cm³/mol. The van der Waals surface area contributed by atoms with Gasteiger partial charge in [0.25, 0.3) is 0 Å².